The third-order valence-corrected chi connectivity index (χ3v) is 6.31. The van der Waals surface area contributed by atoms with Crippen molar-refractivity contribution in [2.75, 3.05) is 5.75 Å². The summed E-state index contributed by atoms with van der Waals surface area (Å²) in [5.74, 6) is 1.11. The third kappa shape index (κ3) is 5.55. The summed E-state index contributed by atoms with van der Waals surface area (Å²) in [5.41, 5.74) is 2.20. The number of Topliss-reactive ketones (excluding diaryl/α,β-unsaturated/α-hetero) is 1. The van der Waals surface area contributed by atoms with Crippen LogP contribution in [0.15, 0.2) is 41.6 Å². The van der Waals surface area contributed by atoms with Crippen molar-refractivity contribution in [1.29, 1.82) is 0 Å². The molecule has 0 radical (unpaired) electrons. The zero-order valence-corrected chi connectivity index (χ0v) is 18.4. The molecule has 0 aliphatic heterocycles. The molecule has 1 N–H and O–H groups in total. The van der Waals surface area contributed by atoms with Gasteiger partial charge in [0.05, 0.1) is 17.2 Å². The number of carbonyl (C=O) groups is 2. The molecule has 0 aliphatic carbocycles. The molecule has 6 nitrogen and oxygen atoms in total. The van der Waals surface area contributed by atoms with E-state index < -0.39 is 0 Å². The van der Waals surface area contributed by atoms with Crippen LogP contribution in [0, 0.1) is 6.92 Å². The van der Waals surface area contributed by atoms with E-state index in [0.717, 1.165) is 34.4 Å². The molecule has 0 bridgehead atoms. The molecule has 0 saturated heterocycles. The van der Waals surface area contributed by atoms with Gasteiger partial charge in [-0.3, -0.25) is 9.59 Å². The van der Waals surface area contributed by atoms with E-state index in [1.165, 1.54) is 35.6 Å². The number of hydrogen-bond donors (Lipinski definition) is 1. The molecular weight excluding hydrogens is 404 g/mol. The Bertz CT molecular complexity index is 1010. The van der Waals surface area contributed by atoms with Gasteiger partial charge in [-0.15, -0.1) is 21.5 Å². The van der Waals surface area contributed by atoms with Gasteiger partial charge in [-0.1, -0.05) is 42.4 Å². The molecule has 8 heteroatoms. The van der Waals surface area contributed by atoms with E-state index >= 15 is 0 Å². The molecule has 3 aromatic rings. The number of hydrogen-bond acceptors (Lipinski definition) is 6. The molecular formula is C21H24N4O2S2. The quantitative estimate of drug-likeness (QED) is 0.405. The third-order valence-electron chi connectivity index (χ3n) is 4.22. The van der Waals surface area contributed by atoms with Gasteiger partial charge in [0.1, 0.15) is 0 Å². The molecule has 1 aromatic carbocycles. The minimum atomic E-state index is -0.0819. The van der Waals surface area contributed by atoms with Gasteiger partial charge in [-0.05, 0) is 31.5 Å². The van der Waals surface area contributed by atoms with E-state index in [9.17, 15) is 9.59 Å². The lowest BCUT2D eigenvalue weighted by Gasteiger charge is -2.09. The fourth-order valence-electron chi connectivity index (χ4n) is 2.85. The fraction of sp³-hybridized carbons (Fsp3) is 0.333. The smallest absolute Gasteiger partial charge is 0.217 e. The average Bonchev–Trinajstić information content (AvgIpc) is 3.32. The zero-order valence-electron chi connectivity index (χ0n) is 16.8. The van der Waals surface area contributed by atoms with E-state index in [4.69, 9.17) is 0 Å². The largest absolute Gasteiger partial charge is 0.351 e. The lowest BCUT2D eigenvalue weighted by atomic mass is 10.1. The Hall–Kier alpha value is -2.45. The number of amides is 1. The number of aromatic nitrogens is 3. The van der Waals surface area contributed by atoms with E-state index in [-0.39, 0.29) is 11.7 Å². The summed E-state index contributed by atoms with van der Waals surface area (Å²) in [4.78, 5) is 25.3. The van der Waals surface area contributed by atoms with Crippen molar-refractivity contribution in [1.82, 2.24) is 20.1 Å². The summed E-state index contributed by atoms with van der Waals surface area (Å²) in [6, 6.07) is 11.9. The highest BCUT2D eigenvalue weighted by molar-refractivity contribution is 7.99. The topological polar surface area (TPSA) is 76.9 Å². The van der Waals surface area contributed by atoms with E-state index in [1.54, 1.807) is 0 Å². The number of ketones is 1. The molecule has 29 heavy (non-hydrogen) atoms. The SMILES string of the molecule is CCCn1c(SCC(=O)c2ccc(CNC(C)=O)s2)nnc1-c1cccc(C)c1. The summed E-state index contributed by atoms with van der Waals surface area (Å²) in [7, 11) is 0. The molecule has 2 aromatic heterocycles. The van der Waals surface area contributed by atoms with Crippen LogP contribution in [0.25, 0.3) is 11.4 Å². The van der Waals surface area contributed by atoms with E-state index in [0.29, 0.717) is 17.2 Å². The number of nitrogens with one attached hydrogen (secondary N) is 1. The number of carbonyl (C=O) groups excluding carboxylic acids is 2. The monoisotopic (exact) mass is 428 g/mol. The van der Waals surface area contributed by atoms with Crippen LogP contribution in [0.3, 0.4) is 0 Å². The van der Waals surface area contributed by atoms with Crippen LogP contribution in [0.2, 0.25) is 0 Å². The second-order valence-electron chi connectivity index (χ2n) is 6.71. The second-order valence-corrected chi connectivity index (χ2v) is 8.83. The number of benzene rings is 1. The molecule has 0 unspecified atom stereocenters. The number of rotatable bonds is 9. The predicted molar refractivity (Wildman–Crippen MR) is 117 cm³/mol. The van der Waals surface area contributed by atoms with Gasteiger partial charge in [0.15, 0.2) is 16.8 Å². The van der Waals surface area contributed by atoms with Gasteiger partial charge in [-0.2, -0.15) is 0 Å². The number of thioether (sulfide) groups is 1. The Labute approximate surface area is 178 Å². The lowest BCUT2D eigenvalue weighted by Crippen LogP contribution is -2.18. The first-order valence-electron chi connectivity index (χ1n) is 9.47. The molecule has 0 saturated carbocycles. The molecule has 0 fully saturated rings. The van der Waals surface area contributed by atoms with E-state index in [1.807, 2.05) is 24.3 Å². The van der Waals surface area contributed by atoms with Crippen molar-refractivity contribution in [3.8, 4) is 11.4 Å². The average molecular weight is 429 g/mol. The van der Waals surface area contributed by atoms with Crippen molar-refractivity contribution >= 4 is 34.8 Å². The summed E-state index contributed by atoms with van der Waals surface area (Å²) >= 11 is 2.83. The van der Waals surface area contributed by atoms with Crippen molar-refractivity contribution in [2.45, 2.75) is 45.4 Å². The summed E-state index contributed by atoms with van der Waals surface area (Å²) in [6.07, 6.45) is 0.954. The number of aryl methyl sites for hydroxylation is 1. The van der Waals surface area contributed by atoms with Gasteiger partial charge in [0.2, 0.25) is 5.91 Å². The van der Waals surface area contributed by atoms with Crippen LogP contribution >= 0.6 is 23.1 Å². The van der Waals surface area contributed by atoms with Crippen molar-refractivity contribution < 1.29 is 9.59 Å². The summed E-state index contributed by atoms with van der Waals surface area (Å²) in [6.45, 7) is 6.90. The van der Waals surface area contributed by atoms with E-state index in [2.05, 4.69) is 46.1 Å². The summed E-state index contributed by atoms with van der Waals surface area (Å²) in [5, 5.41) is 12.2. The van der Waals surface area contributed by atoms with Gasteiger partial charge in [0, 0.05) is 23.9 Å². The maximum absolute atomic E-state index is 12.6. The standard InChI is InChI=1S/C21H24N4O2S2/c1-4-10-25-20(16-7-5-6-14(2)11-16)23-24-21(25)28-13-18(27)19-9-8-17(29-19)12-22-15(3)26/h5-9,11H,4,10,12-13H2,1-3H3,(H,22,26). The highest BCUT2D eigenvalue weighted by Crippen LogP contribution is 2.26. The van der Waals surface area contributed by atoms with Crippen LogP contribution in [-0.4, -0.2) is 32.2 Å². The Kier molecular flexibility index (Phi) is 7.22. The highest BCUT2D eigenvalue weighted by atomic mass is 32.2. The molecule has 152 valence electrons. The minimum Gasteiger partial charge on any atom is -0.351 e. The number of thiophene rings is 1. The van der Waals surface area contributed by atoms with Crippen LogP contribution in [0.4, 0.5) is 0 Å². The first-order valence-corrected chi connectivity index (χ1v) is 11.3. The minimum absolute atomic E-state index is 0.0530. The predicted octanol–water partition coefficient (Wildman–Crippen LogP) is 4.34. The molecule has 1 amide bonds. The number of nitrogens with zero attached hydrogens (tertiary/aromatic N) is 3. The Balaban J connectivity index is 1.70. The molecule has 0 atom stereocenters. The molecule has 2 heterocycles. The van der Waals surface area contributed by atoms with Crippen LogP contribution in [0.5, 0.6) is 0 Å². The van der Waals surface area contributed by atoms with Crippen molar-refractivity contribution in [3.05, 3.63) is 51.7 Å². The first kappa shape index (κ1) is 21.3. The van der Waals surface area contributed by atoms with Crippen molar-refractivity contribution in [2.24, 2.45) is 0 Å². The molecule has 0 aliphatic rings. The van der Waals surface area contributed by atoms with Crippen LogP contribution in [-0.2, 0) is 17.9 Å². The fourth-order valence-corrected chi connectivity index (χ4v) is 4.68. The van der Waals surface area contributed by atoms with Gasteiger partial charge >= 0.3 is 0 Å². The molecule has 0 spiro atoms. The zero-order chi connectivity index (χ0) is 20.8. The van der Waals surface area contributed by atoms with Crippen LogP contribution in [0.1, 0.15) is 40.4 Å². The maximum Gasteiger partial charge on any atom is 0.217 e. The highest BCUT2D eigenvalue weighted by Gasteiger charge is 2.17. The lowest BCUT2D eigenvalue weighted by molar-refractivity contribution is -0.119. The Morgan fingerprint density at radius 3 is 2.76 bits per heavy atom. The van der Waals surface area contributed by atoms with Gasteiger partial charge in [0.25, 0.3) is 0 Å². The Morgan fingerprint density at radius 2 is 2.03 bits per heavy atom. The normalized spacial score (nSPS) is 10.9. The first-order chi connectivity index (χ1) is 14.0. The van der Waals surface area contributed by atoms with Crippen molar-refractivity contribution in [3.63, 3.8) is 0 Å². The van der Waals surface area contributed by atoms with Gasteiger partial charge < -0.3 is 9.88 Å². The van der Waals surface area contributed by atoms with Gasteiger partial charge in [-0.25, -0.2) is 0 Å². The molecule has 3 rings (SSSR count). The van der Waals surface area contributed by atoms with Crippen LogP contribution < -0.4 is 5.32 Å². The maximum atomic E-state index is 12.6. The summed E-state index contributed by atoms with van der Waals surface area (Å²) < 4.78 is 2.09. The second kappa shape index (κ2) is 9.84. The Morgan fingerprint density at radius 1 is 1.21 bits per heavy atom.